The highest BCUT2D eigenvalue weighted by Gasteiger charge is 2.09. The highest BCUT2D eigenvalue weighted by molar-refractivity contribution is 6.34. The predicted molar refractivity (Wildman–Crippen MR) is 102 cm³/mol. The zero-order valence-corrected chi connectivity index (χ0v) is 15.7. The van der Waals surface area contributed by atoms with Crippen LogP contribution in [-0.4, -0.2) is 24.8 Å². The van der Waals surface area contributed by atoms with Crippen LogP contribution in [-0.2, 0) is 6.42 Å². The average Bonchev–Trinajstić information content (AvgIpc) is 2.52. The number of halogens is 3. The molecule has 0 radical (unpaired) electrons. The molecule has 0 aliphatic rings. The Labute approximate surface area is 152 Å². The van der Waals surface area contributed by atoms with Crippen molar-refractivity contribution in [1.29, 1.82) is 0 Å². The van der Waals surface area contributed by atoms with E-state index in [4.69, 9.17) is 34.8 Å². The molecular formula is C18H19Cl3N2. The summed E-state index contributed by atoms with van der Waals surface area (Å²) < 4.78 is 0. The first-order valence-corrected chi connectivity index (χ1v) is 8.51. The van der Waals surface area contributed by atoms with Crippen LogP contribution in [0, 0.1) is 6.92 Å². The SMILES string of the molecule is CCN(C)C=Nc1cc(C)c(Cc2cc(Cl)ccc2Cl)cc1Cl. The molecule has 0 aliphatic carbocycles. The summed E-state index contributed by atoms with van der Waals surface area (Å²) in [5.41, 5.74) is 3.99. The highest BCUT2D eigenvalue weighted by atomic mass is 35.5. The molecule has 2 aromatic carbocycles. The van der Waals surface area contributed by atoms with Crippen molar-refractivity contribution in [3.8, 4) is 0 Å². The van der Waals surface area contributed by atoms with Crippen LogP contribution in [0.3, 0.4) is 0 Å². The van der Waals surface area contributed by atoms with Crippen LogP contribution in [0.5, 0.6) is 0 Å². The molecule has 0 saturated heterocycles. The van der Waals surface area contributed by atoms with E-state index in [1.54, 1.807) is 12.4 Å². The van der Waals surface area contributed by atoms with Crippen molar-refractivity contribution < 1.29 is 0 Å². The first-order valence-electron chi connectivity index (χ1n) is 7.38. The summed E-state index contributed by atoms with van der Waals surface area (Å²) >= 11 is 18.7. The van der Waals surface area contributed by atoms with Crippen LogP contribution in [0.4, 0.5) is 5.69 Å². The minimum atomic E-state index is 0.629. The number of rotatable bonds is 5. The van der Waals surface area contributed by atoms with E-state index < -0.39 is 0 Å². The van der Waals surface area contributed by atoms with Crippen molar-refractivity contribution in [3.05, 3.63) is 62.1 Å². The quantitative estimate of drug-likeness (QED) is 0.455. The second kappa shape index (κ2) is 8.05. The first-order chi connectivity index (χ1) is 10.9. The van der Waals surface area contributed by atoms with Crippen molar-refractivity contribution >= 4 is 46.8 Å². The molecule has 2 nitrogen and oxygen atoms in total. The third-order valence-corrected chi connectivity index (χ3v) is 4.59. The fourth-order valence-corrected chi connectivity index (χ4v) is 2.74. The van der Waals surface area contributed by atoms with Gasteiger partial charge in [0.2, 0.25) is 0 Å². The molecule has 0 fully saturated rings. The van der Waals surface area contributed by atoms with Crippen LogP contribution in [0.25, 0.3) is 0 Å². The van der Waals surface area contributed by atoms with Crippen molar-refractivity contribution in [2.75, 3.05) is 13.6 Å². The van der Waals surface area contributed by atoms with Gasteiger partial charge in [-0.3, -0.25) is 0 Å². The lowest BCUT2D eigenvalue weighted by Crippen LogP contribution is -2.14. The number of aryl methyl sites for hydroxylation is 1. The monoisotopic (exact) mass is 368 g/mol. The number of hydrogen-bond donors (Lipinski definition) is 0. The van der Waals surface area contributed by atoms with E-state index >= 15 is 0 Å². The van der Waals surface area contributed by atoms with E-state index in [0.29, 0.717) is 21.5 Å². The Morgan fingerprint density at radius 3 is 2.48 bits per heavy atom. The summed E-state index contributed by atoms with van der Waals surface area (Å²) in [4.78, 5) is 6.43. The summed E-state index contributed by atoms with van der Waals surface area (Å²) in [6, 6.07) is 9.44. The van der Waals surface area contributed by atoms with E-state index in [1.165, 1.54) is 0 Å². The molecule has 0 aromatic heterocycles. The van der Waals surface area contributed by atoms with Gasteiger partial charge in [0.25, 0.3) is 0 Å². The third-order valence-electron chi connectivity index (χ3n) is 3.69. The van der Waals surface area contributed by atoms with Gasteiger partial charge >= 0.3 is 0 Å². The summed E-state index contributed by atoms with van der Waals surface area (Å²) in [5.74, 6) is 0. The molecule has 5 heteroatoms. The molecule has 2 rings (SSSR count). The Bertz CT molecular complexity index is 726. The van der Waals surface area contributed by atoms with Crippen LogP contribution in [0.1, 0.15) is 23.6 Å². The minimum absolute atomic E-state index is 0.629. The second-order valence-corrected chi connectivity index (χ2v) is 6.71. The molecule has 2 aromatic rings. The van der Waals surface area contributed by atoms with E-state index in [0.717, 1.165) is 28.9 Å². The number of nitrogens with zero attached hydrogens (tertiary/aromatic N) is 2. The molecule has 0 spiro atoms. The summed E-state index contributed by atoms with van der Waals surface area (Å²) in [6.45, 7) is 5.01. The van der Waals surface area contributed by atoms with Gasteiger partial charge in [-0.15, -0.1) is 0 Å². The molecule has 122 valence electrons. The maximum atomic E-state index is 6.37. The van der Waals surface area contributed by atoms with Gasteiger partial charge < -0.3 is 4.90 Å². The normalized spacial score (nSPS) is 11.2. The Balaban J connectivity index is 2.29. The maximum absolute atomic E-state index is 6.37. The fourth-order valence-electron chi connectivity index (χ4n) is 2.12. The van der Waals surface area contributed by atoms with E-state index in [2.05, 4.69) is 11.9 Å². The fraction of sp³-hybridized carbons (Fsp3) is 0.278. The number of hydrogen-bond acceptors (Lipinski definition) is 1. The Morgan fingerprint density at radius 2 is 1.78 bits per heavy atom. The number of benzene rings is 2. The van der Waals surface area contributed by atoms with Crippen LogP contribution < -0.4 is 0 Å². The van der Waals surface area contributed by atoms with Gasteiger partial charge in [-0.2, -0.15) is 0 Å². The molecule has 23 heavy (non-hydrogen) atoms. The Morgan fingerprint density at radius 1 is 1.04 bits per heavy atom. The largest absolute Gasteiger partial charge is 0.366 e. The van der Waals surface area contributed by atoms with E-state index in [-0.39, 0.29) is 0 Å². The van der Waals surface area contributed by atoms with Gasteiger partial charge in [-0.1, -0.05) is 34.8 Å². The van der Waals surface area contributed by atoms with Crippen molar-refractivity contribution in [2.24, 2.45) is 4.99 Å². The smallest absolute Gasteiger partial charge is 0.0910 e. The van der Waals surface area contributed by atoms with Gasteiger partial charge in [0.05, 0.1) is 17.0 Å². The second-order valence-electron chi connectivity index (χ2n) is 5.46. The van der Waals surface area contributed by atoms with Gasteiger partial charge in [0, 0.05) is 23.6 Å². The molecule has 0 amide bonds. The van der Waals surface area contributed by atoms with Crippen molar-refractivity contribution in [2.45, 2.75) is 20.3 Å². The molecule has 0 N–H and O–H groups in total. The summed E-state index contributed by atoms with van der Waals surface area (Å²) in [5, 5.41) is 2.01. The average molecular weight is 370 g/mol. The van der Waals surface area contributed by atoms with Crippen molar-refractivity contribution in [3.63, 3.8) is 0 Å². The first kappa shape index (κ1) is 18.1. The third kappa shape index (κ3) is 4.87. The zero-order valence-electron chi connectivity index (χ0n) is 13.4. The molecule has 0 saturated carbocycles. The standard InChI is InChI=1S/C18H19Cl3N2/c1-4-23(3)11-22-18-7-12(2)13(10-17(18)21)8-14-9-15(19)5-6-16(14)20/h5-7,9-11H,4,8H2,1-3H3. The lowest BCUT2D eigenvalue weighted by atomic mass is 10.00. The lowest BCUT2D eigenvalue weighted by Gasteiger charge is -2.12. The van der Waals surface area contributed by atoms with Gasteiger partial charge in [-0.05, 0) is 67.3 Å². The minimum Gasteiger partial charge on any atom is -0.366 e. The van der Waals surface area contributed by atoms with E-state index in [1.807, 2.05) is 43.1 Å². The predicted octanol–water partition coefficient (Wildman–Crippen LogP) is 6.16. The van der Waals surface area contributed by atoms with Crippen LogP contribution >= 0.6 is 34.8 Å². The highest BCUT2D eigenvalue weighted by Crippen LogP contribution is 2.31. The Kier molecular flexibility index (Phi) is 6.34. The van der Waals surface area contributed by atoms with Crippen LogP contribution in [0.2, 0.25) is 15.1 Å². The van der Waals surface area contributed by atoms with E-state index in [9.17, 15) is 0 Å². The molecular weight excluding hydrogens is 351 g/mol. The summed E-state index contributed by atoms with van der Waals surface area (Å²) in [7, 11) is 1.97. The maximum Gasteiger partial charge on any atom is 0.0910 e. The van der Waals surface area contributed by atoms with Crippen molar-refractivity contribution in [1.82, 2.24) is 4.90 Å². The summed E-state index contributed by atoms with van der Waals surface area (Å²) in [6.07, 6.45) is 2.47. The molecule has 0 unspecified atom stereocenters. The Hall–Kier alpha value is -1.22. The van der Waals surface area contributed by atoms with Gasteiger partial charge in [0.1, 0.15) is 0 Å². The number of aliphatic imine (C=N–C) groups is 1. The molecule has 0 bridgehead atoms. The molecule has 0 heterocycles. The molecule has 0 aliphatic heterocycles. The zero-order chi connectivity index (χ0) is 17.0. The topological polar surface area (TPSA) is 15.6 Å². The van der Waals surface area contributed by atoms with Crippen LogP contribution in [0.15, 0.2) is 35.3 Å². The van der Waals surface area contributed by atoms with Gasteiger partial charge in [-0.25, -0.2) is 4.99 Å². The lowest BCUT2D eigenvalue weighted by molar-refractivity contribution is 0.552. The molecule has 0 atom stereocenters. The van der Waals surface area contributed by atoms with Gasteiger partial charge in [0.15, 0.2) is 0 Å².